The number of carbonyl (C=O) groups excluding carboxylic acids is 1. The fourth-order valence-corrected chi connectivity index (χ4v) is 3.37. The van der Waals surface area contributed by atoms with E-state index >= 15 is 0 Å². The fraction of sp³-hybridized carbons (Fsp3) is 0.412. The number of carbonyl (C=O) groups is 1. The minimum absolute atomic E-state index is 0. The third kappa shape index (κ3) is 6.62. The van der Waals surface area contributed by atoms with E-state index in [-0.39, 0.29) is 36.3 Å². The van der Waals surface area contributed by atoms with E-state index in [2.05, 4.69) is 20.3 Å². The molecule has 0 aliphatic rings. The van der Waals surface area contributed by atoms with Crippen LogP contribution in [0, 0.1) is 6.92 Å². The molecule has 1 amide bonds. The average molecular weight is 416 g/mol. The van der Waals surface area contributed by atoms with Crippen molar-refractivity contribution in [3.63, 3.8) is 0 Å². The lowest BCUT2D eigenvalue weighted by atomic mass is 10.1. The van der Waals surface area contributed by atoms with Gasteiger partial charge in [0.05, 0.1) is 0 Å². The quantitative estimate of drug-likeness (QED) is 0.576. The van der Waals surface area contributed by atoms with Gasteiger partial charge in [-0.05, 0) is 25.1 Å². The first kappa shape index (κ1) is 23.1. The number of nitrogens with one attached hydrogen (secondary N) is 3. The van der Waals surface area contributed by atoms with Gasteiger partial charge in [-0.2, -0.15) is 0 Å². The van der Waals surface area contributed by atoms with Gasteiger partial charge >= 0.3 is 0 Å². The van der Waals surface area contributed by atoms with Crippen LogP contribution in [0.5, 0.6) is 0 Å². The predicted molar refractivity (Wildman–Crippen MR) is 107 cm³/mol. The second-order valence-electron chi connectivity index (χ2n) is 5.87. The molecular formula is C17H26ClN5O3S. The van der Waals surface area contributed by atoms with Gasteiger partial charge in [0, 0.05) is 38.4 Å². The summed E-state index contributed by atoms with van der Waals surface area (Å²) in [5.74, 6) is 0.342. The van der Waals surface area contributed by atoms with Crippen molar-refractivity contribution in [2.45, 2.75) is 31.8 Å². The van der Waals surface area contributed by atoms with E-state index in [0.29, 0.717) is 12.4 Å². The first-order valence-electron chi connectivity index (χ1n) is 8.41. The van der Waals surface area contributed by atoms with Gasteiger partial charge in [0.15, 0.2) is 5.03 Å². The standard InChI is InChI=1S/C17H25N5O3S.ClH/c1-4-18-11-14-7-5-6-8-15(14)21-16(23)9-10-19-26(24,25)17-12-22(3)13(2)20-17;/h5-8,12,18-19H,4,9-11H2,1-3H3,(H,21,23);1H. The molecule has 1 aromatic heterocycles. The molecule has 150 valence electrons. The highest BCUT2D eigenvalue weighted by molar-refractivity contribution is 7.89. The molecule has 2 rings (SSSR count). The SMILES string of the molecule is CCNCc1ccccc1NC(=O)CCNS(=O)(=O)c1cn(C)c(C)n1.Cl. The van der Waals surface area contributed by atoms with Crippen molar-refractivity contribution >= 4 is 34.0 Å². The summed E-state index contributed by atoms with van der Waals surface area (Å²) in [4.78, 5) is 16.1. The Labute approximate surface area is 166 Å². The lowest BCUT2D eigenvalue weighted by molar-refractivity contribution is -0.116. The maximum absolute atomic E-state index is 12.2. The number of halogens is 1. The van der Waals surface area contributed by atoms with E-state index in [1.165, 1.54) is 6.20 Å². The maximum Gasteiger partial charge on any atom is 0.259 e. The Bertz CT molecular complexity index is 848. The van der Waals surface area contributed by atoms with E-state index in [0.717, 1.165) is 17.8 Å². The fourth-order valence-electron chi connectivity index (χ4n) is 2.30. The molecule has 3 N–H and O–H groups in total. The van der Waals surface area contributed by atoms with Crippen LogP contribution in [0.25, 0.3) is 0 Å². The average Bonchev–Trinajstić information content (AvgIpc) is 2.94. The molecule has 0 saturated heterocycles. The number of imidazole rings is 1. The molecule has 27 heavy (non-hydrogen) atoms. The Kier molecular flexibility index (Phi) is 8.91. The number of rotatable bonds is 9. The second kappa shape index (κ2) is 10.4. The van der Waals surface area contributed by atoms with Gasteiger partial charge in [-0.15, -0.1) is 12.4 Å². The van der Waals surface area contributed by atoms with Gasteiger partial charge in [0.25, 0.3) is 10.0 Å². The molecule has 0 saturated carbocycles. The third-order valence-corrected chi connectivity index (χ3v) is 5.19. The topological polar surface area (TPSA) is 105 Å². The number of anilines is 1. The molecule has 0 radical (unpaired) electrons. The summed E-state index contributed by atoms with van der Waals surface area (Å²) in [5.41, 5.74) is 1.70. The monoisotopic (exact) mass is 415 g/mol. The molecule has 0 aliphatic heterocycles. The normalized spacial score (nSPS) is 11.1. The predicted octanol–water partition coefficient (Wildman–Crippen LogP) is 1.57. The van der Waals surface area contributed by atoms with Crippen LogP contribution in [0.3, 0.4) is 0 Å². The highest BCUT2D eigenvalue weighted by Crippen LogP contribution is 2.15. The number of nitrogens with zero attached hydrogens (tertiary/aromatic N) is 2. The summed E-state index contributed by atoms with van der Waals surface area (Å²) in [6.45, 7) is 5.21. The molecule has 0 aliphatic carbocycles. The molecule has 0 unspecified atom stereocenters. The number of amides is 1. The number of hydrogen-bond donors (Lipinski definition) is 3. The Balaban J connectivity index is 0.00000364. The van der Waals surface area contributed by atoms with Crippen LogP contribution in [0.2, 0.25) is 0 Å². The highest BCUT2D eigenvalue weighted by atomic mass is 35.5. The molecule has 8 nitrogen and oxygen atoms in total. The van der Waals surface area contributed by atoms with Crippen molar-refractivity contribution in [3.8, 4) is 0 Å². The number of para-hydroxylation sites is 1. The first-order valence-corrected chi connectivity index (χ1v) is 9.90. The summed E-state index contributed by atoms with van der Waals surface area (Å²) in [6.07, 6.45) is 1.47. The van der Waals surface area contributed by atoms with Gasteiger partial charge in [-0.3, -0.25) is 4.79 Å². The Morgan fingerprint density at radius 1 is 1.26 bits per heavy atom. The van der Waals surface area contributed by atoms with Crippen molar-refractivity contribution < 1.29 is 13.2 Å². The van der Waals surface area contributed by atoms with E-state index in [1.54, 1.807) is 18.5 Å². The van der Waals surface area contributed by atoms with Gasteiger partial charge < -0.3 is 15.2 Å². The maximum atomic E-state index is 12.2. The Morgan fingerprint density at radius 3 is 2.59 bits per heavy atom. The molecule has 1 heterocycles. The lowest BCUT2D eigenvalue weighted by Crippen LogP contribution is -2.28. The highest BCUT2D eigenvalue weighted by Gasteiger charge is 2.18. The Hall–Kier alpha value is -1.94. The molecule has 0 fully saturated rings. The van der Waals surface area contributed by atoms with E-state index in [4.69, 9.17) is 0 Å². The molecule has 0 bridgehead atoms. The molecule has 10 heteroatoms. The van der Waals surface area contributed by atoms with Crippen molar-refractivity contribution in [2.24, 2.45) is 7.05 Å². The minimum Gasteiger partial charge on any atom is -0.337 e. The van der Waals surface area contributed by atoms with Crippen molar-refractivity contribution in [2.75, 3.05) is 18.4 Å². The van der Waals surface area contributed by atoms with Crippen molar-refractivity contribution in [1.82, 2.24) is 19.6 Å². The number of aromatic nitrogens is 2. The van der Waals surface area contributed by atoms with Crippen LogP contribution < -0.4 is 15.4 Å². The van der Waals surface area contributed by atoms with Crippen LogP contribution in [-0.4, -0.2) is 37.0 Å². The third-order valence-electron chi connectivity index (χ3n) is 3.86. The number of hydrogen-bond acceptors (Lipinski definition) is 5. The second-order valence-corrected chi connectivity index (χ2v) is 7.58. The van der Waals surface area contributed by atoms with Crippen LogP contribution in [0.4, 0.5) is 5.69 Å². The first-order chi connectivity index (χ1) is 12.3. The van der Waals surface area contributed by atoms with Gasteiger partial charge in [0.2, 0.25) is 5.91 Å². The summed E-state index contributed by atoms with van der Waals surface area (Å²) in [7, 11) is -2.00. The van der Waals surface area contributed by atoms with Crippen LogP contribution in [-0.2, 0) is 28.4 Å². The summed E-state index contributed by atoms with van der Waals surface area (Å²) < 4.78 is 28.4. The smallest absolute Gasteiger partial charge is 0.259 e. The molecule has 2 aromatic rings. The van der Waals surface area contributed by atoms with Crippen LogP contribution in [0.15, 0.2) is 35.5 Å². The summed E-state index contributed by atoms with van der Waals surface area (Å²) in [6, 6.07) is 7.51. The molecule has 1 aromatic carbocycles. The zero-order chi connectivity index (χ0) is 19.2. The number of sulfonamides is 1. The Morgan fingerprint density at radius 2 is 1.96 bits per heavy atom. The van der Waals surface area contributed by atoms with Crippen LogP contribution >= 0.6 is 12.4 Å². The van der Waals surface area contributed by atoms with Gasteiger partial charge in [-0.1, -0.05) is 25.1 Å². The van der Waals surface area contributed by atoms with Gasteiger partial charge in [-0.25, -0.2) is 18.1 Å². The zero-order valence-electron chi connectivity index (χ0n) is 15.7. The summed E-state index contributed by atoms with van der Waals surface area (Å²) in [5, 5.41) is 5.99. The van der Waals surface area contributed by atoms with E-state index in [9.17, 15) is 13.2 Å². The van der Waals surface area contributed by atoms with Crippen molar-refractivity contribution in [1.29, 1.82) is 0 Å². The summed E-state index contributed by atoms with van der Waals surface area (Å²) >= 11 is 0. The number of benzene rings is 1. The largest absolute Gasteiger partial charge is 0.337 e. The van der Waals surface area contributed by atoms with Gasteiger partial charge in [0.1, 0.15) is 5.82 Å². The van der Waals surface area contributed by atoms with Crippen molar-refractivity contribution in [3.05, 3.63) is 41.9 Å². The van der Waals surface area contributed by atoms with E-state index < -0.39 is 10.0 Å². The molecule has 0 atom stereocenters. The zero-order valence-corrected chi connectivity index (χ0v) is 17.3. The van der Waals surface area contributed by atoms with E-state index in [1.807, 2.05) is 31.2 Å². The molecular weight excluding hydrogens is 390 g/mol. The minimum atomic E-state index is -3.72. The van der Waals surface area contributed by atoms with Crippen LogP contribution in [0.1, 0.15) is 24.7 Å². The number of aryl methyl sites for hydroxylation is 2. The lowest BCUT2D eigenvalue weighted by Gasteiger charge is -2.11. The molecule has 0 spiro atoms.